The van der Waals surface area contributed by atoms with Crippen molar-refractivity contribution in [1.29, 1.82) is 0 Å². The minimum Gasteiger partial charge on any atom is -0.229 e. The Hall–Kier alpha value is -0.0500. The summed E-state index contributed by atoms with van der Waals surface area (Å²) in [6.07, 6.45) is 2.70. The van der Waals surface area contributed by atoms with Gasteiger partial charge in [0.2, 0.25) is 0 Å². The maximum Gasteiger partial charge on any atom is 0.153 e. The fourth-order valence-corrected chi connectivity index (χ4v) is 4.13. The Morgan fingerprint density at radius 3 is 2.18 bits per heavy atom. The molecule has 0 amide bonds. The van der Waals surface area contributed by atoms with Crippen LogP contribution >= 0.6 is 0 Å². The van der Waals surface area contributed by atoms with E-state index in [0.29, 0.717) is 11.7 Å². The van der Waals surface area contributed by atoms with Gasteiger partial charge in [0.25, 0.3) is 0 Å². The maximum absolute atomic E-state index is 11.4. The Kier molecular flexibility index (Phi) is 2.58. The lowest BCUT2D eigenvalue weighted by Crippen LogP contribution is -2.13. The Bertz CT molecular complexity index is 218. The molecule has 1 fully saturated rings. The fraction of sp³-hybridized carbons (Fsp3) is 1.00. The van der Waals surface area contributed by atoms with Crippen molar-refractivity contribution in [2.75, 3.05) is 5.75 Å². The number of hydrogen-bond donors (Lipinski definition) is 0. The third kappa shape index (κ3) is 1.75. The molecule has 0 saturated carbocycles. The SMILES string of the molecule is CCC1CC(CC)S(=O)(=O)C1. The van der Waals surface area contributed by atoms with E-state index in [0.717, 1.165) is 19.3 Å². The van der Waals surface area contributed by atoms with Crippen molar-refractivity contribution < 1.29 is 8.42 Å². The zero-order valence-electron chi connectivity index (χ0n) is 7.21. The lowest BCUT2D eigenvalue weighted by atomic mass is 10.0. The zero-order valence-corrected chi connectivity index (χ0v) is 8.02. The summed E-state index contributed by atoms with van der Waals surface area (Å²) in [7, 11) is -2.70. The first-order valence-corrected chi connectivity index (χ1v) is 6.03. The average Bonchev–Trinajstić information content (AvgIpc) is 2.24. The standard InChI is InChI=1S/C8H16O2S/c1-3-7-5-8(4-2)11(9,10)6-7/h7-8H,3-6H2,1-2H3. The van der Waals surface area contributed by atoms with E-state index >= 15 is 0 Å². The van der Waals surface area contributed by atoms with Crippen LogP contribution in [0.25, 0.3) is 0 Å². The molecule has 0 aromatic rings. The van der Waals surface area contributed by atoms with Crippen LogP contribution in [0, 0.1) is 5.92 Å². The molecular weight excluding hydrogens is 160 g/mol. The van der Waals surface area contributed by atoms with Crippen molar-refractivity contribution in [2.45, 2.75) is 38.4 Å². The van der Waals surface area contributed by atoms with E-state index in [9.17, 15) is 8.42 Å². The van der Waals surface area contributed by atoms with E-state index in [1.807, 2.05) is 6.92 Å². The van der Waals surface area contributed by atoms with Crippen LogP contribution in [0.5, 0.6) is 0 Å². The lowest BCUT2D eigenvalue weighted by molar-refractivity contribution is 0.534. The van der Waals surface area contributed by atoms with Gasteiger partial charge in [-0.3, -0.25) is 0 Å². The van der Waals surface area contributed by atoms with Crippen molar-refractivity contribution in [3.63, 3.8) is 0 Å². The van der Waals surface area contributed by atoms with Gasteiger partial charge in [-0.2, -0.15) is 0 Å². The second-order valence-electron chi connectivity index (χ2n) is 3.37. The van der Waals surface area contributed by atoms with E-state index in [4.69, 9.17) is 0 Å². The predicted molar refractivity (Wildman–Crippen MR) is 46.3 cm³/mol. The van der Waals surface area contributed by atoms with E-state index in [2.05, 4.69) is 6.92 Å². The first-order chi connectivity index (χ1) is 5.10. The normalized spacial score (nSPS) is 35.8. The Balaban J connectivity index is 2.71. The third-order valence-electron chi connectivity index (χ3n) is 2.60. The molecule has 2 nitrogen and oxygen atoms in total. The minimum absolute atomic E-state index is 0.0348. The smallest absolute Gasteiger partial charge is 0.153 e. The first-order valence-electron chi connectivity index (χ1n) is 4.31. The predicted octanol–water partition coefficient (Wildman–Crippen LogP) is 1.61. The average molecular weight is 176 g/mol. The minimum atomic E-state index is -2.70. The molecule has 1 aliphatic heterocycles. The maximum atomic E-state index is 11.4. The topological polar surface area (TPSA) is 34.1 Å². The van der Waals surface area contributed by atoms with Gasteiger partial charge in [0.15, 0.2) is 9.84 Å². The molecule has 0 radical (unpaired) electrons. The molecule has 0 aromatic heterocycles. The van der Waals surface area contributed by atoms with Crippen LogP contribution in [0.2, 0.25) is 0 Å². The Morgan fingerprint density at radius 1 is 1.27 bits per heavy atom. The van der Waals surface area contributed by atoms with Gasteiger partial charge in [0.1, 0.15) is 0 Å². The van der Waals surface area contributed by atoms with E-state index in [-0.39, 0.29) is 5.25 Å². The molecule has 2 atom stereocenters. The number of rotatable bonds is 2. The molecular formula is C8H16O2S. The second kappa shape index (κ2) is 3.13. The van der Waals surface area contributed by atoms with E-state index < -0.39 is 9.84 Å². The third-order valence-corrected chi connectivity index (χ3v) is 5.08. The van der Waals surface area contributed by atoms with Crippen molar-refractivity contribution in [3.05, 3.63) is 0 Å². The van der Waals surface area contributed by atoms with Crippen LogP contribution in [-0.2, 0) is 9.84 Å². The Labute approximate surface area is 68.9 Å². The molecule has 1 saturated heterocycles. The highest BCUT2D eigenvalue weighted by Gasteiger charge is 2.35. The van der Waals surface area contributed by atoms with Gasteiger partial charge in [-0.05, 0) is 18.8 Å². The molecule has 0 aliphatic carbocycles. The number of hydrogen-bond acceptors (Lipinski definition) is 2. The summed E-state index contributed by atoms with van der Waals surface area (Å²) in [6, 6.07) is 0. The summed E-state index contributed by atoms with van der Waals surface area (Å²) in [5, 5.41) is -0.0348. The summed E-state index contributed by atoms with van der Waals surface area (Å²) in [5.41, 5.74) is 0. The van der Waals surface area contributed by atoms with Gasteiger partial charge in [-0.25, -0.2) is 8.42 Å². The second-order valence-corrected chi connectivity index (χ2v) is 5.70. The molecule has 0 aromatic carbocycles. The summed E-state index contributed by atoms with van der Waals surface area (Å²) in [5.74, 6) is 0.868. The fourth-order valence-electron chi connectivity index (χ4n) is 1.76. The molecule has 3 heteroatoms. The van der Waals surface area contributed by atoms with Crippen LogP contribution in [-0.4, -0.2) is 19.4 Å². The summed E-state index contributed by atoms with van der Waals surface area (Å²) >= 11 is 0. The quantitative estimate of drug-likeness (QED) is 0.640. The van der Waals surface area contributed by atoms with Crippen LogP contribution in [0.15, 0.2) is 0 Å². The molecule has 1 heterocycles. The first kappa shape index (κ1) is 9.04. The highest BCUT2D eigenvalue weighted by atomic mass is 32.2. The zero-order chi connectivity index (χ0) is 8.48. The molecule has 2 unspecified atom stereocenters. The van der Waals surface area contributed by atoms with Crippen LogP contribution in [0.4, 0.5) is 0 Å². The summed E-state index contributed by atoms with van der Waals surface area (Å²) in [4.78, 5) is 0. The lowest BCUT2D eigenvalue weighted by Gasteiger charge is -2.03. The highest BCUT2D eigenvalue weighted by molar-refractivity contribution is 7.92. The molecule has 0 N–H and O–H groups in total. The highest BCUT2D eigenvalue weighted by Crippen LogP contribution is 2.29. The van der Waals surface area contributed by atoms with Crippen molar-refractivity contribution in [2.24, 2.45) is 5.92 Å². The van der Waals surface area contributed by atoms with Gasteiger partial charge in [0.05, 0.1) is 11.0 Å². The molecule has 1 rings (SSSR count). The van der Waals surface area contributed by atoms with Gasteiger partial charge < -0.3 is 0 Å². The van der Waals surface area contributed by atoms with Crippen molar-refractivity contribution in [3.8, 4) is 0 Å². The van der Waals surface area contributed by atoms with Gasteiger partial charge >= 0.3 is 0 Å². The van der Waals surface area contributed by atoms with E-state index in [1.54, 1.807) is 0 Å². The molecule has 66 valence electrons. The van der Waals surface area contributed by atoms with Crippen molar-refractivity contribution in [1.82, 2.24) is 0 Å². The van der Waals surface area contributed by atoms with E-state index in [1.165, 1.54) is 0 Å². The Morgan fingerprint density at radius 2 is 1.91 bits per heavy atom. The molecule has 1 aliphatic rings. The van der Waals surface area contributed by atoms with Gasteiger partial charge in [-0.15, -0.1) is 0 Å². The summed E-state index contributed by atoms with van der Waals surface area (Å²) in [6.45, 7) is 4.03. The largest absolute Gasteiger partial charge is 0.229 e. The molecule has 11 heavy (non-hydrogen) atoms. The van der Waals surface area contributed by atoms with Crippen molar-refractivity contribution >= 4 is 9.84 Å². The van der Waals surface area contributed by atoms with Crippen LogP contribution < -0.4 is 0 Å². The van der Waals surface area contributed by atoms with Crippen LogP contribution in [0.1, 0.15) is 33.1 Å². The van der Waals surface area contributed by atoms with Gasteiger partial charge in [0, 0.05) is 0 Å². The number of sulfone groups is 1. The molecule has 0 bridgehead atoms. The van der Waals surface area contributed by atoms with Crippen LogP contribution in [0.3, 0.4) is 0 Å². The summed E-state index contributed by atoms with van der Waals surface area (Å²) < 4.78 is 22.7. The van der Waals surface area contributed by atoms with Gasteiger partial charge in [-0.1, -0.05) is 20.3 Å². The monoisotopic (exact) mass is 176 g/mol. The molecule has 0 spiro atoms.